The first-order valence-corrected chi connectivity index (χ1v) is 13.1. The van der Waals surface area contributed by atoms with Gasteiger partial charge in [0.25, 0.3) is 0 Å². The SMILES string of the molecule is C\C=N/C(CC)=C(C)/C(=C\CCN1CCN(C2CCCCC2)CC1)c1cc(OC)ccc1C. The Hall–Kier alpha value is -1.91. The van der Waals surface area contributed by atoms with Gasteiger partial charge in [-0.05, 0) is 80.9 Å². The molecule has 0 atom stereocenters. The minimum absolute atomic E-state index is 0.850. The molecule has 0 radical (unpaired) electrons. The van der Waals surface area contributed by atoms with E-state index >= 15 is 0 Å². The summed E-state index contributed by atoms with van der Waals surface area (Å²) in [6.07, 6.45) is 13.5. The second-order valence-electron chi connectivity index (χ2n) is 9.57. The predicted octanol–water partition coefficient (Wildman–Crippen LogP) is 6.50. The first-order valence-electron chi connectivity index (χ1n) is 13.1. The predicted molar refractivity (Wildman–Crippen MR) is 142 cm³/mol. The van der Waals surface area contributed by atoms with Crippen molar-refractivity contribution >= 4 is 11.8 Å². The average Bonchev–Trinajstić information content (AvgIpc) is 2.86. The molecule has 1 aromatic rings. The van der Waals surface area contributed by atoms with E-state index in [4.69, 9.17) is 4.74 Å². The van der Waals surface area contributed by atoms with Crippen LogP contribution in [0, 0.1) is 6.92 Å². The normalized spacial score (nSPS) is 20.3. The minimum atomic E-state index is 0.850. The van der Waals surface area contributed by atoms with Crippen molar-refractivity contribution in [2.45, 2.75) is 78.7 Å². The monoisotopic (exact) mass is 451 g/mol. The molecule has 1 aromatic carbocycles. The fourth-order valence-corrected chi connectivity index (χ4v) is 5.44. The van der Waals surface area contributed by atoms with E-state index in [9.17, 15) is 0 Å². The molecule has 1 aliphatic carbocycles. The van der Waals surface area contributed by atoms with Gasteiger partial charge in [0.2, 0.25) is 0 Å². The van der Waals surface area contributed by atoms with Gasteiger partial charge in [-0.3, -0.25) is 9.89 Å². The molecule has 1 aliphatic heterocycles. The highest BCUT2D eigenvalue weighted by Crippen LogP contribution is 2.32. The fourth-order valence-electron chi connectivity index (χ4n) is 5.44. The maximum Gasteiger partial charge on any atom is 0.119 e. The molecule has 0 bridgehead atoms. The summed E-state index contributed by atoms with van der Waals surface area (Å²) in [7, 11) is 1.74. The maximum atomic E-state index is 5.55. The maximum absolute atomic E-state index is 5.55. The number of piperazine rings is 1. The summed E-state index contributed by atoms with van der Waals surface area (Å²) >= 11 is 0. The molecule has 1 heterocycles. The first-order chi connectivity index (χ1) is 16.1. The van der Waals surface area contributed by atoms with E-state index in [1.54, 1.807) is 7.11 Å². The lowest BCUT2D eigenvalue weighted by atomic mass is 9.92. The lowest BCUT2D eigenvalue weighted by Crippen LogP contribution is -2.50. The van der Waals surface area contributed by atoms with Gasteiger partial charge in [0, 0.05) is 50.7 Å². The molecule has 0 unspecified atom stereocenters. The van der Waals surface area contributed by atoms with Crippen LogP contribution < -0.4 is 4.74 Å². The Morgan fingerprint density at radius 1 is 1.12 bits per heavy atom. The molecule has 2 aliphatic rings. The van der Waals surface area contributed by atoms with E-state index in [2.05, 4.69) is 53.8 Å². The Balaban J connectivity index is 1.71. The number of nitrogens with zero attached hydrogens (tertiary/aromatic N) is 3. The highest BCUT2D eigenvalue weighted by molar-refractivity contribution is 5.82. The van der Waals surface area contributed by atoms with Gasteiger partial charge in [0.1, 0.15) is 5.75 Å². The lowest BCUT2D eigenvalue weighted by molar-refractivity contribution is 0.0799. The summed E-state index contributed by atoms with van der Waals surface area (Å²) in [6.45, 7) is 14.6. The second-order valence-corrected chi connectivity index (χ2v) is 9.57. The Labute approximate surface area is 202 Å². The molecule has 2 fully saturated rings. The zero-order valence-electron chi connectivity index (χ0n) is 21.7. The molecule has 0 amide bonds. The Morgan fingerprint density at radius 3 is 2.48 bits per heavy atom. The van der Waals surface area contributed by atoms with Gasteiger partial charge in [-0.1, -0.05) is 38.3 Å². The van der Waals surface area contributed by atoms with Crippen LogP contribution in [0.5, 0.6) is 5.75 Å². The molecular weight excluding hydrogens is 406 g/mol. The second kappa shape index (κ2) is 13.1. The van der Waals surface area contributed by atoms with Crippen LogP contribution in [0.4, 0.5) is 0 Å². The molecule has 1 saturated carbocycles. The summed E-state index contributed by atoms with van der Waals surface area (Å²) in [5.41, 5.74) is 6.26. The van der Waals surface area contributed by atoms with E-state index in [0.717, 1.165) is 36.9 Å². The highest BCUT2D eigenvalue weighted by Gasteiger charge is 2.24. The minimum Gasteiger partial charge on any atom is -0.497 e. The smallest absolute Gasteiger partial charge is 0.119 e. The quantitative estimate of drug-likeness (QED) is 0.317. The van der Waals surface area contributed by atoms with E-state index in [-0.39, 0.29) is 0 Å². The molecule has 0 N–H and O–H groups in total. The van der Waals surface area contributed by atoms with Crippen molar-refractivity contribution in [3.05, 3.63) is 46.7 Å². The lowest BCUT2D eigenvalue weighted by Gasteiger charge is -2.40. The third-order valence-electron chi connectivity index (χ3n) is 7.48. The molecule has 0 spiro atoms. The Morgan fingerprint density at radius 2 is 1.85 bits per heavy atom. The summed E-state index contributed by atoms with van der Waals surface area (Å²) < 4.78 is 5.55. The number of hydrogen-bond donors (Lipinski definition) is 0. The standard InChI is InChI=1S/C29H45N3O/c1-6-29(30-7-2)24(4)27(28-22-26(33-5)16-15-23(28)3)14-11-17-31-18-20-32(21-19-31)25-12-9-8-10-13-25/h7,14-16,22,25H,6,8-13,17-21H2,1-5H3/b27-14+,29-24+,30-7-. The number of allylic oxidation sites excluding steroid dienone is 3. The largest absolute Gasteiger partial charge is 0.497 e. The van der Waals surface area contributed by atoms with Crippen LogP contribution in [0.3, 0.4) is 0 Å². The van der Waals surface area contributed by atoms with Gasteiger partial charge in [0.05, 0.1) is 7.11 Å². The van der Waals surface area contributed by atoms with Crippen molar-refractivity contribution in [3.8, 4) is 5.75 Å². The number of methoxy groups -OCH3 is 1. The summed E-state index contributed by atoms with van der Waals surface area (Å²) in [5.74, 6) is 0.908. The Kier molecular flexibility index (Phi) is 10.2. The third-order valence-corrected chi connectivity index (χ3v) is 7.48. The van der Waals surface area contributed by atoms with Gasteiger partial charge >= 0.3 is 0 Å². The number of rotatable bonds is 9. The summed E-state index contributed by atoms with van der Waals surface area (Å²) in [5, 5.41) is 0. The van der Waals surface area contributed by atoms with Crippen molar-refractivity contribution in [2.24, 2.45) is 4.99 Å². The van der Waals surface area contributed by atoms with Crippen LogP contribution >= 0.6 is 0 Å². The van der Waals surface area contributed by atoms with E-state index in [0.29, 0.717) is 0 Å². The van der Waals surface area contributed by atoms with Crippen LogP contribution in [-0.2, 0) is 0 Å². The van der Waals surface area contributed by atoms with Crippen LogP contribution in [0.2, 0.25) is 0 Å². The molecule has 4 nitrogen and oxygen atoms in total. The first kappa shape index (κ1) is 25.7. The van der Waals surface area contributed by atoms with Gasteiger partial charge in [0.15, 0.2) is 0 Å². The third kappa shape index (κ3) is 7.04. The van der Waals surface area contributed by atoms with Crippen molar-refractivity contribution < 1.29 is 4.74 Å². The fraction of sp³-hybridized carbons (Fsp3) is 0.621. The van der Waals surface area contributed by atoms with E-state index < -0.39 is 0 Å². The van der Waals surface area contributed by atoms with Gasteiger partial charge in [-0.2, -0.15) is 0 Å². The number of benzene rings is 1. The Bertz CT molecular complexity index is 840. The molecule has 0 aromatic heterocycles. The highest BCUT2D eigenvalue weighted by atomic mass is 16.5. The van der Waals surface area contributed by atoms with Gasteiger partial charge < -0.3 is 9.64 Å². The van der Waals surface area contributed by atoms with Crippen molar-refractivity contribution in [2.75, 3.05) is 39.8 Å². The molecule has 33 heavy (non-hydrogen) atoms. The number of aliphatic imine (C=N–C) groups is 1. The topological polar surface area (TPSA) is 28.1 Å². The van der Waals surface area contributed by atoms with E-state index in [1.165, 1.54) is 80.6 Å². The zero-order valence-corrected chi connectivity index (χ0v) is 21.7. The van der Waals surface area contributed by atoms with Crippen LogP contribution in [0.15, 0.2) is 40.5 Å². The van der Waals surface area contributed by atoms with Crippen LogP contribution in [-0.4, -0.2) is 61.9 Å². The zero-order chi connectivity index (χ0) is 23.6. The number of aryl methyl sites for hydroxylation is 1. The number of ether oxygens (including phenoxy) is 1. The molecular formula is C29H45N3O. The van der Waals surface area contributed by atoms with Crippen molar-refractivity contribution in [3.63, 3.8) is 0 Å². The summed E-state index contributed by atoms with van der Waals surface area (Å²) in [6, 6.07) is 7.24. The molecule has 4 heteroatoms. The van der Waals surface area contributed by atoms with Crippen molar-refractivity contribution in [1.82, 2.24) is 9.80 Å². The molecule has 3 rings (SSSR count). The van der Waals surface area contributed by atoms with Crippen LogP contribution in [0.25, 0.3) is 5.57 Å². The van der Waals surface area contributed by atoms with Gasteiger partial charge in [-0.25, -0.2) is 0 Å². The molecule has 182 valence electrons. The summed E-state index contributed by atoms with van der Waals surface area (Å²) in [4.78, 5) is 10.1. The van der Waals surface area contributed by atoms with Gasteiger partial charge in [-0.15, -0.1) is 0 Å². The molecule has 1 saturated heterocycles. The van der Waals surface area contributed by atoms with Crippen molar-refractivity contribution in [1.29, 1.82) is 0 Å². The number of hydrogen-bond acceptors (Lipinski definition) is 4. The van der Waals surface area contributed by atoms with Crippen LogP contribution in [0.1, 0.15) is 76.8 Å². The average molecular weight is 452 g/mol. The van der Waals surface area contributed by atoms with E-state index in [1.807, 2.05) is 19.2 Å².